The van der Waals surface area contributed by atoms with Crippen LogP contribution >= 0.6 is 0 Å². The summed E-state index contributed by atoms with van der Waals surface area (Å²) in [5.41, 5.74) is 5.91. The number of halogens is 3. The van der Waals surface area contributed by atoms with Crippen molar-refractivity contribution in [3.05, 3.63) is 77.5 Å². The number of carboxylic acids is 1. The molecule has 1 aromatic carbocycles. The predicted molar refractivity (Wildman–Crippen MR) is 154 cm³/mol. The van der Waals surface area contributed by atoms with Gasteiger partial charge in [-0.3, -0.25) is 9.78 Å². The number of hydrogen-bond donors (Lipinski definition) is 1. The molecular weight excluding hydrogens is 545 g/mol. The van der Waals surface area contributed by atoms with Gasteiger partial charge >= 0.3 is 12.1 Å². The van der Waals surface area contributed by atoms with E-state index in [0.29, 0.717) is 31.7 Å². The Labute approximate surface area is 245 Å². The van der Waals surface area contributed by atoms with Gasteiger partial charge in [0, 0.05) is 35.6 Å². The summed E-state index contributed by atoms with van der Waals surface area (Å²) in [6, 6.07) is 15.7. The minimum Gasteiger partial charge on any atom is -0.481 e. The van der Waals surface area contributed by atoms with Gasteiger partial charge in [0.2, 0.25) is 0 Å². The van der Waals surface area contributed by atoms with E-state index in [9.17, 15) is 23.1 Å². The number of aromatic nitrogens is 3. The molecule has 0 amide bonds. The van der Waals surface area contributed by atoms with Crippen molar-refractivity contribution in [1.29, 1.82) is 0 Å². The third-order valence-electron chi connectivity index (χ3n) is 7.60. The molecule has 0 bridgehead atoms. The molecule has 3 aromatic rings. The summed E-state index contributed by atoms with van der Waals surface area (Å²) in [6.07, 6.45) is 4.70. The zero-order chi connectivity index (χ0) is 29.8. The van der Waals surface area contributed by atoms with Gasteiger partial charge in [-0.05, 0) is 82.2 Å². The van der Waals surface area contributed by atoms with E-state index in [1.54, 1.807) is 0 Å². The highest BCUT2D eigenvalue weighted by atomic mass is 19.4. The van der Waals surface area contributed by atoms with Crippen molar-refractivity contribution in [2.24, 2.45) is 5.92 Å². The lowest BCUT2D eigenvalue weighted by Gasteiger charge is -2.24. The molecule has 0 unspecified atom stereocenters. The molecule has 226 valence electrons. The Balaban J connectivity index is 1.31. The van der Waals surface area contributed by atoms with Gasteiger partial charge in [-0.2, -0.15) is 13.2 Å². The van der Waals surface area contributed by atoms with Crippen LogP contribution in [0, 0.1) is 5.92 Å². The largest absolute Gasteiger partial charge is 0.481 e. The molecule has 0 saturated heterocycles. The van der Waals surface area contributed by atoms with Crippen molar-refractivity contribution < 1.29 is 27.8 Å². The summed E-state index contributed by atoms with van der Waals surface area (Å²) in [5, 5.41) is 9.94. The molecule has 2 aromatic heterocycles. The molecule has 42 heavy (non-hydrogen) atoms. The maximum absolute atomic E-state index is 12.6. The number of ether oxygens (including phenoxy) is 1. The Morgan fingerprint density at radius 3 is 2.57 bits per heavy atom. The number of carbonyl (C=O) groups is 1. The van der Waals surface area contributed by atoms with Crippen molar-refractivity contribution >= 4 is 5.97 Å². The van der Waals surface area contributed by atoms with Gasteiger partial charge in [-0.25, -0.2) is 9.97 Å². The lowest BCUT2D eigenvalue weighted by molar-refractivity contribution is -0.174. The molecule has 0 saturated carbocycles. The molecular formula is C32H39F3N4O3. The topological polar surface area (TPSA) is 88.4 Å². The second-order valence-corrected chi connectivity index (χ2v) is 10.9. The molecule has 0 aliphatic heterocycles. The van der Waals surface area contributed by atoms with Crippen molar-refractivity contribution in [2.45, 2.75) is 64.0 Å². The van der Waals surface area contributed by atoms with Crippen molar-refractivity contribution in [2.75, 3.05) is 32.8 Å². The van der Waals surface area contributed by atoms with E-state index in [0.717, 1.165) is 49.1 Å². The molecule has 1 N–H and O–H groups in total. The van der Waals surface area contributed by atoms with E-state index in [-0.39, 0.29) is 13.0 Å². The van der Waals surface area contributed by atoms with E-state index >= 15 is 0 Å². The average molecular weight is 585 g/mol. The van der Waals surface area contributed by atoms with Crippen LogP contribution < -0.4 is 0 Å². The fourth-order valence-corrected chi connectivity index (χ4v) is 5.30. The second-order valence-electron chi connectivity index (χ2n) is 10.9. The number of benzene rings is 1. The first-order valence-corrected chi connectivity index (χ1v) is 14.7. The monoisotopic (exact) mass is 584 g/mol. The Bertz CT molecular complexity index is 1270. The third-order valence-corrected chi connectivity index (χ3v) is 7.60. The molecule has 0 spiro atoms. The van der Waals surface area contributed by atoms with Crippen molar-refractivity contribution in [3.63, 3.8) is 0 Å². The molecule has 1 atom stereocenters. The van der Waals surface area contributed by atoms with Gasteiger partial charge in [0.15, 0.2) is 0 Å². The number of rotatable bonds is 16. The highest BCUT2D eigenvalue weighted by molar-refractivity contribution is 5.70. The van der Waals surface area contributed by atoms with E-state index in [1.807, 2.05) is 41.3 Å². The number of pyridine rings is 1. The average Bonchev–Trinajstić information content (AvgIpc) is 2.99. The number of carboxylic acid groups (broad SMARTS) is 1. The normalized spacial score (nSPS) is 14.1. The lowest BCUT2D eigenvalue weighted by atomic mass is 9.95. The summed E-state index contributed by atoms with van der Waals surface area (Å²) in [5.74, 6) is -1.62. The lowest BCUT2D eigenvalue weighted by Crippen LogP contribution is -2.33. The van der Waals surface area contributed by atoms with Crippen molar-refractivity contribution in [1.82, 2.24) is 19.9 Å². The third kappa shape index (κ3) is 10.5. The quantitative estimate of drug-likeness (QED) is 0.208. The van der Waals surface area contributed by atoms with Crippen LogP contribution in [0.25, 0.3) is 11.3 Å². The first-order valence-electron chi connectivity index (χ1n) is 14.7. The van der Waals surface area contributed by atoms with E-state index in [1.165, 1.54) is 30.4 Å². The van der Waals surface area contributed by atoms with Crippen LogP contribution in [0.15, 0.2) is 54.9 Å². The highest BCUT2D eigenvalue weighted by Crippen LogP contribution is 2.21. The molecule has 10 heteroatoms. The zero-order valence-electron chi connectivity index (χ0n) is 23.9. The number of hydrogen-bond acceptors (Lipinski definition) is 6. The van der Waals surface area contributed by atoms with Crippen LogP contribution in [0.3, 0.4) is 0 Å². The molecule has 0 fully saturated rings. The predicted octanol–water partition coefficient (Wildman–Crippen LogP) is 5.95. The fourth-order valence-electron chi connectivity index (χ4n) is 5.30. The molecule has 1 aliphatic carbocycles. The number of fused-ring (bicyclic) bond motifs is 1. The molecule has 0 radical (unpaired) electrons. The Hall–Kier alpha value is -3.37. The number of nitrogens with zero attached hydrogens (tertiary/aromatic N) is 4. The van der Waals surface area contributed by atoms with Gasteiger partial charge in [-0.15, -0.1) is 0 Å². The SMILES string of the molecule is O=C(O)[C@H](CCN(CCCCc1ccc2c(n1)CCCC2)CCOCC(F)(F)F)Cc1cc(-c2ccccc2)ncn1. The van der Waals surface area contributed by atoms with Crippen LogP contribution in [0.2, 0.25) is 0 Å². The van der Waals surface area contributed by atoms with Gasteiger partial charge in [0.05, 0.1) is 18.2 Å². The summed E-state index contributed by atoms with van der Waals surface area (Å²) in [7, 11) is 0. The standard InChI is InChI=1S/C32H39F3N4O3/c33-32(34,35)22-42-19-18-39(16-7-6-11-27-14-13-25-10-4-5-12-29(25)38-27)17-15-26(31(40)41)20-28-21-30(37-23-36-28)24-8-2-1-3-9-24/h1-3,8-9,13-14,21,23,26H,4-7,10-12,15-20,22H2,(H,40,41)/t26-/m1/s1. The molecule has 7 nitrogen and oxygen atoms in total. The highest BCUT2D eigenvalue weighted by Gasteiger charge is 2.27. The summed E-state index contributed by atoms with van der Waals surface area (Å²) in [6.45, 7) is -0.000414. The van der Waals surface area contributed by atoms with Crippen LogP contribution in [-0.2, 0) is 35.2 Å². The zero-order valence-corrected chi connectivity index (χ0v) is 23.9. The number of unbranched alkanes of at least 4 members (excludes halogenated alkanes) is 1. The van der Waals surface area contributed by atoms with Crippen LogP contribution in [-0.4, -0.2) is 70.0 Å². The van der Waals surface area contributed by atoms with Gasteiger partial charge in [-0.1, -0.05) is 36.4 Å². The van der Waals surface area contributed by atoms with E-state index in [4.69, 9.17) is 9.72 Å². The fraction of sp³-hybridized carbons (Fsp3) is 0.500. The smallest absolute Gasteiger partial charge is 0.411 e. The summed E-state index contributed by atoms with van der Waals surface area (Å²) >= 11 is 0. The molecule has 1 aliphatic rings. The van der Waals surface area contributed by atoms with Gasteiger partial charge < -0.3 is 14.7 Å². The molecule has 4 rings (SSSR count). The summed E-state index contributed by atoms with van der Waals surface area (Å²) < 4.78 is 42.5. The Morgan fingerprint density at radius 2 is 1.79 bits per heavy atom. The maximum atomic E-state index is 12.6. The van der Waals surface area contributed by atoms with Crippen molar-refractivity contribution in [3.8, 4) is 11.3 Å². The Kier molecular flexibility index (Phi) is 11.8. The summed E-state index contributed by atoms with van der Waals surface area (Å²) in [4.78, 5) is 27.6. The number of aliphatic carboxylic acids is 1. The maximum Gasteiger partial charge on any atom is 0.411 e. The minimum atomic E-state index is -4.38. The first kappa shape index (κ1) is 31.6. The number of aryl methyl sites for hydroxylation is 3. The van der Waals surface area contributed by atoms with Crippen LogP contribution in [0.4, 0.5) is 13.2 Å². The van der Waals surface area contributed by atoms with Crippen LogP contribution in [0.5, 0.6) is 0 Å². The molecule has 2 heterocycles. The second kappa shape index (κ2) is 15.7. The van der Waals surface area contributed by atoms with Crippen LogP contribution in [0.1, 0.15) is 54.7 Å². The first-order chi connectivity index (χ1) is 20.3. The minimum absolute atomic E-state index is 0.0734. The van der Waals surface area contributed by atoms with Gasteiger partial charge in [0.1, 0.15) is 12.9 Å². The Morgan fingerprint density at radius 1 is 0.976 bits per heavy atom. The van der Waals surface area contributed by atoms with Gasteiger partial charge in [0.25, 0.3) is 0 Å². The van der Waals surface area contributed by atoms with E-state index < -0.39 is 24.7 Å². The van der Waals surface area contributed by atoms with E-state index in [2.05, 4.69) is 22.1 Å². The number of alkyl halides is 3.